The summed E-state index contributed by atoms with van der Waals surface area (Å²) in [4.78, 5) is 12.5. The quantitative estimate of drug-likeness (QED) is 0.371. The third-order valence-corrected chi connectivity index (χ3v) is 5.25. The van der Waals surface area contributed by atoms with Crippen LogP contribution in [0.25, 0.3) is 0 Å². The molecule has 1 N–H and O–H groups in total. The van der Waals surface area contributed by atoms with E-state index in [-0.39, 0.29) is 11.7 Å². The van der Waals surface area contributed by atoms with Crippen LogP contribution < -0.4 is 10.1 Å². The minimum atomic E-state index is -0.275. The van der Waals surface area contributed by atoms with Crippen LogP contribution in [0.2, 0.25) is 0 Å². The van der Waals surface area contributed by atoms with Crippen molar-refractivity contribution in [3.63, 3.8) is 0 Å². The number of hydrogen-bond acceptors (Lipinski definition) is 3. The van der Waals surface area contributed by atoms with Crippen LogP contribution in [0, 0.1) is 5.82 Å². The molecule has 0 fully saturated rings. The predicted molar refractivity (Wildman–Crippen MR) is 121 cm³/mol. The fraction of sp³-hybridized carbons (Fsp3) is 0.0833. The summed E-state index contributed by atoms with van der Waals surface area (Å²) in [6.45, 7) is 0.892. The van der Waals surface area contributed by atoms with E-state index in [9.17, 15) is 9.18 Å². The van der Waals surface area contributed by atoms with Crippen molar-refractivity contribution in [2.45, 2.75) is 13.2 Å². The third-order valence-electron chi connectivity index (χ3n) is 4.60. The van der Waals surface area contributed by atoms with E-state index in [0.717, 1.165) is 21.3 Å². The van der Waals surface area contributed by atoms with Crippen LogP contribution in [-0.4, -0.2) is 15.7 Å². The average molecular weight is 480 g/mol. The van der Waals surface area contributed by atoms with Gasteiger partial charge in [0.1, 0.15) is 18.2 Å². The molecule has 0 aliphatic heterocycles. The average Bonchev–Trinajstić information content (AvgIpc) is 3.22. The van der Waals surface area contributed by atoms with Crippen LogP contribution in [0.3, 0.4) is 0 Å². The Morgan fingerprint density at radius 3 is 2.45 bits per heavy atom. The molecule has 4 aromatic rings. The second kappa shape index (κ2) is 9.57. The molecule has 0 unspecified atom stereocenters. The molecule has 156 valence electrons. The van der Waals surface area contributed by atoms with Crippen LogP contribution in [0.15, 0.2) is 89.7 Å². The molecule has 1 aromatic heterocycles. The van der Waals surface area contributed by atoms with E-state index >= 15 is 0 Å². The summed E-state index contributed by atoms with van der Waals surface area (Å²) in [5, 5.41) is 7.08. The molecule has 0 aliphatic rings. The molecule has 0 atom stereocenters. The van der Waals surface area contributed by atoms with Gasteiger partial charge in [-0.3, -0.25) is 9.48 Å². The summed E-state index contributed by atoms with van der Waals surface area (Å²) in [6, 6.07) is 21.1. The standard InChI is InChI=1S/C24H19BrFN3O2/c25-22-3-1-2-4-23(22)31-16-18-5-9-19(10-6-18)24(30)28-21-13-27-29(15-21)14-17-7-11-20(26)12-8-17/h1-13,15H,14,16H2,(H,28,30). The molecule has 1 amide bonds. The van der Waals surface area contributed by atoms with Crippen LogP contribution in [0.1, 0.15) is 21.5 Å². The molecule has 1 heterocycles. The maximum Gasteiger partial charge on any atom is 0.255 e. The molecule has 0 spiro atoms. The number of para-hydroxylation sites is 1. The van der Waals surface area contributed by atoms with Gasteiger partial charge in [0.25, 0.3) is 5.91 Å². The van der Waals surface area contributed by atoms with Crippen molar-refractivity contribution >= 4 is 27.5 Å². The van der Waals surface area contributed by atoms with Crippen molar-refractivity contribution < 1.29 is 13.9 Å². The Labute approximate surface area is 187 Å². The SMILES string of the molecule is O=C(Nc1cnn(Cc2ccc(F)cc2)c1)c1ccc(COc2ccccc2Br)cc1. The fourth-order valence-electron chi connectivity index (χ4n) is 2.97. The van der Waals surface area contributed by atoms with Crippen LogP contribution >= 0.6 is 15.9 Å². The Bertz CT molecular complexity index is 1170. The Morgan fingerprint density at radius 2 is 1.71 bits per heavy atom. The first-order valence-corrected chi connectivity index (χ1v) is 10.4. The number of anilines is 1. The highest BCUT2D eigenvalue weighted by Crippen LogP contribution is 2.24. The highest BCUT2D eigenvalue weighted by molar-refractivity contribution is 9.10. The number of hydrogen-bond donors (Lipinski definition) is 1. The molecule has 0 aliphatic carbocycles. The van der Waals surface area contributed by atoms with E-state index in [1.807, 2.05) is 36.4 Å². The van der Waals surface area contributed by atoms with Gasteiger partial charge < -0.3 is 10.1 Å². The van der Waals surface area contributed by atoms with Crippen molar-refractivity contribution in [1.29, 1.82) is 0 Å². The van der Waals surface area contributed by atoms with Crippen molar-refractivity contribution in [1.82, 2.24) is 9.78 Å². The lowest BCUT2D eigenvalue weighted by atomic mass is 10.1. The van der Waals surface area contributed by atoms with Crippen LogP contribution in [-0.2, 0) is 13.2 Å². The summed E-state index contributed by atoms with van der Waals surface area (Å²) in [7, 11) is 0. The lowest BCUT2D eigenvalue weighted by molar-refractivity contribution is 0.102. The zero-order chi connectivity index (χ0) is 21.6. The highest BCUT2D eigenvalue weighted by Gasteiger charge is 2.09. The number of nitrogens with one attached hydrogen (secondary N) is 1. The molecule has 3 aromatic carbocycles. The summed E-state index contributed by atoms with van der Waals surface area (Å²) in [5.74, 6) is 0.268. The van der Waals surface area contributed by atoms with E-state index < -0.39 is 0 Å². The summed E-state index contributed by atoms with van der Waals surface area (Å²) < 4.78 is 21.4. The van der Waals surface area contributed by atoms with Gasteiger partial charge in [-0.1, -0.05) is 36.4 Å². The van der Waals surface area contributed by atoms with Crippen LogP contribution in [0.5, 0.6) is 5.75 Å². The molecule has 0 saturated heterocycles. The van der Waals surface area contributed by atoms with E-state index in [2.05, 4.69) is 26.3 Å². The largest absolute Gasteiger partial charge is 0.488 e. The van der Waals surface area contributed by atoms with Gasteiger partial charge in [0, 0.05) is 11.8 Å². The second-order valence-corrected chi connectivity index (χ2v) is 7.78. The molecule has 0 radical (unpaired) electrons. The Balaban J connectivity index is 1.33. The summed E-state index contributed by atoms with van der Waals surface area (Å²) in [5.41, 5.74) is 3.01. The Kier molecular flexibility index (Phi) is 6.43. The van der Waals surface area contributed by atoms with Crippen molar-refractivity contribution in [2.24, 2.45) is 0 Å². The first-order chi connectivity index (χ1) is 15.1. The van der Waals surface area contributed by atoms with E-state index in [1.165, 1.54) is 12.1 Å². The zero-order valence-corrected chi connectivity index (χ0v) is 18.0. The Morgan fingerprint density at radius 1 is 1.00 bits per heavy atom. The third kappa shape index (κ3) is 5.58. The lowest BCUT2D eigenvalue weighted by Gasteiger charge is -2.09. The fourth-order valence-corrected chi connectivity index (χ4v) is 3.37. The van der Waals surface area contributed by atoms with E-state index in [0.29, 0.717) is 24.4 Å². The van der Waals surface area contributed by atoms with Gasteiger partial charge >= 0.3 is 0 Å². The summed E-state index contributed by atoms with van der Waals surface area (Å²) >= 11 is 3.46. The molecular weight excluding hydrogens is 461 g/mol. The van der Waals surface area contributed by atoms with Crippen molar-refractivity contribution in [2.75, 3.05) is 5.32 Å². The maximum atomic E-state index is 13.0. The smallest absolute Gasteiger partial charge is 0.255 e. The number of rotatable bonds is 7. The van der Waals surface area contributed by atoms with Gasteiger partial charge in [-0.25, -0.2) is 4.39 Å². The highest BCUT2D eigenvalue weighted by atomic mass is 79.9. The predicted octanol–water partition coefficient (Wildman–Crippen LogP) is 5.66. The lowest BCUT2D eigenvalue weighted by Crippen LogP contribution is -2.11. The van der Waals surface area contributed by atoms with Crippen molar-refractivity contribution in [3.05, 3.63) is 112 Å². The number of carbonyl (C=O) groups is 1. The topological polar surface area (TPSA) is 56.2 Å². The molecular formula is C24H19BrFN3O2. The van der Waals surface area contributed by atoms with Gasteiger partial charge in [-0.05, 0) is 63.5 Å². The minimum Gasteiger partial charge on any atom is -0.488 e. The number of aromatic nitrogens is 2. The van der Waals surface area contributed by atoms with E-state index in [1.54, 1.807) is 41.3 Å². The number of halogens is 2. The van der Waals surface area contributed by atoms with Gasteiger partial charge in [-0.15, -0.1) is 0 Å². The van der Waals surface area contributed by atoms with E-state index in [4.69, 9.17) is 4.74 Å². The molecule has 0 bridgehead atoms. The van der Waals surface area contributed by atoms with Gasteiger partial charge in [0.2, 0.25) is 0 Å². The van der Waals surface area contributed by atoms with Crippen LogP contribution in [0.4, 0.5) is 10.1 Å². The molecule has 7 heteroatoms. The molecule has 0 saturated carbocycles. The number of benzene rings is 3. The normalized spacial score (nSPS) is 10.6. The van der Waals surface area contributed by atoms with Gasteiger partial charge in [0.15, 0.2) is 0 Å². The number of nitrogens with zero attached hydrogens (tertiary/aromatic N) is 2. The maximum absolute atomic E-state index is 13.0. The monoisotopic (exact) mass is 479 g/mol. The molecule has 4 rings (SSSR count). The van der Waals surface area contributed by atoms with Crippen molar-refractivity contribution in [3.8, 4) is 5.75 Å². The number of amides is 1. The first kappa shape index (κ1) is 20.8. The number of carbonyl (C=O) groups excluding carboxylic acids is 1. The minimum absolute atomic E-state index is 0.223. The first-order valence-electron chi connectivity index (χ1n) is 9.61. The molecule has 31 heavy (non-hydrogen) atoms. The Hall–Kier alpha value is -3.45. The summed E-state index contributed by atoms with van der Waals surface area (Å²) in [6.07, 6.45) is 3.32. The second-order valence-electron chi connectivity index (χ2n) is 6.92. The zero-order valence-electron chi connectivity index (χ0n) is 16.5. The van der Waals surface area contributed by atoms with Gasteiger partial charge in [0.05, 0.1) is 22.9 Å². The number of ether oxygens (including phenoxy) is 1. The molecule has 5 nitrogen and oxygen atoms in total. The van der Waals surface area contributed by atoms with Gasteiger partial charge in [-0.2, -0.15) is 5.10 Å².